The zero-order chi connectivity index (χ0) is 34.3. The summed E-state index contributed by atoms with van der Waals surface area (Å²) in [6.07, 6.45) is 15.7. The van der Waals surface area contributed by atoms with Crippen LogP contribution >= 0.6 is 21.6 Å². The van der Waals surface area contributed by atoms with Crippen molar-refractivity contribution in [2.75, 3.05) is 52.2 Å². The molecule has 0 aromatic carbocycles. The SMILES string of the molecule is CC.CC.CC.CCCCCCCCCCCCSSCCOC1COCC1OC.COCC(C)C.O=c1cc[nH]c(=O)[nH]1. The maximum absolute atomic E-state index is 10.2. The van der Waals surface area contributed by atoms with Crippen LogP contribution < -0.4 is 11.2 Å². The molecule has 10 heteroatoms. The molecule has 0 aliphatic carbocycles. The van der Waals surface area contributed by atoms with Gasteiger partial charge in [-0.1, -0.05) is 142 Å². The minimum atomic E-state index is -0.475. The molecular weight excluding hydrogens is 597 g/mol. The Kier molecular flexibility index (Phi) is 50.5. The van der Waals surface area contributed by atoms with E-state index in [4.69, 9.17) is 18.9 Å². The first-order chi connectivity index (χ1) is 21.4. The van der Waals surface area contributed by atoms with Crippen molar-refractivity contribution in [2.24, 2.45) is 5.92 Å². The van der Waals surface area contributed by atoms with Crippen molar-refractivity contribution in [1.29, 1.82) is 0 Å². The first-order valence-electron chi connectivity index (χ1n) is 17.2. The zero-order valence-corrected chi connectivity index (χ0v) is 32.1. The van der Waals surface area contributed by atoms with Gasteiger partial charge in [-0.3, -0.25) is 9.78 Å². The van der Waals surface area contributed by atoms with Crippen LogP contribution in [0.3, 0.4) is 0 Å². The van der Waals surface area contributed by atoms with Gasteiger partial charge in [-0.05, 0) is 12.3 Å². The van der Waals surface area contributed by atoms with E-state index < -0.39 is 5.69 Å². The van der Waals surface area contributed by atoms with Gasteiger partial charge < -0.3 is 23.9 Å². The molecule has 1 aliphatic heterocycles. The number of aromatic nitrogens is 2. The van der Waals surface area contributed by atoms with Crippen molar-refractivity contribution in [3.63, 3.8) is 0 Å². The summed E-state index contributed by atoms with van der Waals surface area (Å²) in [5.74, 6) is 3.00. The summed E-state index contributed by atoms with van der Waals surface area (Å²) >= 11 is 0. The summed E-state index contributed by atoms with van der Waals surface area (Å²) in [6, 6.07) is 1.24. The van der Waals surface area contributed by atoms with Crippen LogP contribution in [-0.4, -0.2) is 74.3 Å². The van der Waals surface area contributed by atoms with Gasteiger partial charge in [0.2, 0.25) is 0 Å². The van der Waals surface area contributed by atoms with Gasteiger partial charge in [0.15, 0.2) is 0 Å². The summed E-state index contributed by atoms with van der Waals surface area (Å²) in [5.41, 5.74) is -0.855. The lowest BCUT2D eigenvalue weighted by atomic mass is 10.1. The Labute approximate surface area is 279 Å². The summed E-state index contributed by atoms with van der Waals surface area (Å²) in [7, 11) is 7.38. The molecule has 1 aliphatic rings. The van der Waals surface area contributed by atoms with Crippen molar-refractivity contribution in [1.82, 2.24) is 9.97 Å². The summed E-state index contributed by atoms with van der Waals surface area (Å²) in [4.78, 5) is 24.7. The summed E-state index contributed by atoms with van der Waals surface area (Å²) < 4.78 is 21.3. The lowest BCUT2D eigenvalue weighted by Gasteiger charge is -2.16. The third-order valence-electron chi connectivity index (χ3n) is 5.63. The largest absolute Gasteiger partial charge is 0.384 e. The Bertz CT molecular complexity index is 709. The second-order valence-electron chi connectivity index (χ2n) is 9.69. The van der Waals surface area contributed by atoms with E-state index in [1.165, 1.54) is 82.2 Å². The average molecular weight is 669 g/mol. The highest BCUT2D eigenvalue weighted by atomic mass is 33.1. The molecule has 0 radical (unpaired) electrons. The number of nitrogens with one attached hydrogen (secondary N) is 2. The molecule has 1 saturated heterocycles. The number of aromatic amines is 2. The lowest BCUT2D eigenvalue weighted by molar-refractivity contribution is -0.0224. The Morgan fingerprint density at radius 1 is 0.818 bits per heavy atom. The van der Waals surface area contributed by atoms with E-state index in [2.05, 4.69) is 25.8 Å². The molecule has 2 heterocycles. The molecule has 0 amide bonds. The lowest BCUT2D eigenvalue weighted by Crippen LogP contribution is -2.29. The molecule has 2 atom stereocenters. The number of H-pyrrole nitrogens is 2. The normalized spacial score (nSPS) is 14.7. The van der Waals surface area contributed by atoms with Gasteiger partial charge in [0, 0.05) is 44.6 Å². The number of methoxy groups -OCH3 is 2. The van der Waals surface area contributed by atoms with Crippen molar-refractivity contribution >= 4 is 21.6 Å². The third kappa shape index (κ3) is 39.2. The van der Waals surface area contributed by atoms with Crippen LogP contribution in [0.15, 0.2) is 21.9 Å². The van der Waals surface area contributed by atoms with Gasteiger partial charge in [0.05, 0.1) is 19.8 Å². The van der Waals surface area contributed by atoms with Crippen molar-refractivity contribution in [3.8, 4) is 0 Å². The van der Waals surface area contributed by atoms with E-state index in [9.17, 15) is 9.59 Å². The number of ether oxygens (including phenoxy) is 4. The van der Waals surface area contributed by atoms with Crippen molar-refractivity contribution < 1.29 is 18.9 Å². The fraction of sp³-hybridized carbons (Fsp3) is 0.882. The van der Waals surface area contributed by atoms with Crippen LogP contribution in [0.4, 0.5) is 0 Å². The summed E-state index contributed by atoms with van der Waals surface area (Å²) in [6.45, 7) is 21.6. The first-order valence-corrected chi connectivity index (χ1v) is 19.7. The molecule has 1 aromatic rings. The number of rotatable bonds is 19. The highest BCUT2D eigenvalue weighted by Gasteiger charge is 2.28. The van der Waals surface area contributed by atoms with Crippen LogP contribution in [0.2, 0.25) is 0 Å². The van der Waals surface area contributed by atoms with E-state index in [1.54, 1.807) is 14.2 Å². The van der Waals surface area contributed by atoms with Crippen LogP contribution in [0.1, 0.15) is 127 Å². The molecular formula is C34H72N2O6S2. The topological polar surface area (TPSA) is 103 Å². The molecule has 0 spiro atoms. The standard InChI is InChI=1S/C19H38O3S2.C5H12O.C4H4N2O2.3C2H6/c1-3-4-5-6-7-8-9-10-11-12-14-23-24-15-13-22-19-17-21-16-18(19)20-2;1-5(2)4-6-3;7-3-1-2-5-4(8)6-3;3*1-2/h18-19H,3-17H2,1-2H3;5H,4H2,1-3H3;1-2H,(H2,5,6,7,8);3*1-2H3. The zero-order valence-electron chi connectivity index (χ0n) is 30.5. The Balaban J connectivity index is -0.000000325. The van der Waals surface area contributed by atoms with Gasteiger partial charge >= 0.3 is 5.69 Å². The van der Waals surface area contributed by atoms with Gasteiger partial charge in [0.25, 0.3) is 5.56 Å². The molecule has 2 unspecified atom stereocenters. The maximum Gasteiger partial charge on any atom is 0.325 e. The molecule has 1 fully saturated rings. The highest BCUT2D eigenvalue weighted by Crippen LogP contribution is 2.23. The average Bonchev–Trinajstić information content (AvgIpc) is 3.50. The molecule has 2 N–H and O–H groups in total. The van der Waals surface area contributed by atoms with E-state index >= 15 is 0 Å². The van der Waals surface area contributed by atoms with Crippen molar-refractivity contribution in [2.45, 2.75) is 139 Å². The number of hydrogen-bond acceptors (Lipinski definition) is 8. The highest BCUT2D eigenvalue weighted by molar-refractivity contribution is 8.76. The van der Waals surface area contributed by atoms with E-state index in [0.717, 1.165) is 19.0 Å². The van der Waals surface area contributed by atoms with E-state index in [0.29, 0.717) is 19.1 Å². The maximum atomic E-state index is 10.2. The Hall–Kier alpha value is -0.780. The molecule has 0 saturated carbocycles. The monoisotopic (exact) mass is 668 g/mol. The smallest absolute Gasteiger partial charge is 0.325 e. The van der Waals surface area contributed by atoms with Crippen LogP contribution in [-0.2, 0) is 18.9 Å². The minimum absolute atomic E-state index is 0.120. The van der Waals surface area contributed by atoms with Gasteiger partial charge in [0.1, 0.15) is 12.2 Å². The third-order valence-corrected chi connectivity index (χ3v) is 8.09. The second kappa shape index (κ2) is 44.3. The van der Waals surface area contributed by atoms with Crippen LogP contribution in [0, 0.1) is 5.92 Å². The number of hydrogen-bond donors (Lipinski definition) is 2. The predicted molar refractivity (Wildman–Crippen MR) is 197 cm³/mol. The van der Waals surface area contributed by atoms with E-state index in [-0.39, 0.29) is 17.8 Å². The molecule has 2 rings (SSSR count). The fourth-order valence-electron chi connectivity index (χ4n) is 3.61. The molecule has 8 nitrogen and oxygen atoms in total. The first kappa shape index (κ1) is 50.1. The van der Waals surface area contributed by atoms with Crippen LogP contribution in [0.25, 0.3) is 0 Å². The van der Waals surface area contributed by atoms with E-state index in [1.807, 2.05) is 68.1 Å². The molecule has 1 aromatic heterocycles. The van der Waals surface area contributed by atoms with Crippen LogP contribution in [0.5, 0.6) is 0 Å². The van der Waals surface area contributed by atoms with Crippen molar-refractivity contribution in [3.05, 3.63) is 33.1 Å². The molecule has 0 bridgehead atoms. The minimum Gasteiger partial charge on any atom is -0.384 e. The molecule has 266 valence electrons. The second-order valence-corrected chi connectivity index (χ2v) is 12.4. The Morgan fingerprint density at radius 2 is 1.34 bits per heavy atom. The van der Waals surface area contributed by atoms with Gasteiger partial charge in [-0.15, -0.1) is 0 Å². The summed E-state index contributed by atoms with van der Waals surface area (Å²) in [5, 5.41) is 0. The molecule has 44 heavy (non-hydrogen) atoms. The fourth-order valence-corrected chi connectivity index (χ4v) is 5.59. The Morgan fingerprint density at radius 3 is 1.77 bits per heavy atom. The predicted octanol–water partition coefficient (Wildman–Crippen LogP) is 9.15. The van der Waals surface area contributed by atoms with Gasteiger partial charge in [-0.2, -0.15) is 0 Å². The van der Waals surface area contributed by atoms with Gasteiger partial charge in [-0.25, -0.2) is 4.79 Å². The quantitative estimate of drug-likeness (QED) is 0.111. The number of unbranched alkanes of at least 4 members (excludes halogenated alkanes) is 9.